The Morgan fingerprint density at radius 1 is 1.11 bits per heavy atom. The number of amides is 1. The standard InChI is InChI=1S/C20H18F2N4O/c1-3-13-6-4-5-12(2)18(13)26-20-23-10-9-17(25-20)19(27)24-14-7-8-15(21)16(22)11-14/h4-11H,3H2,1-2H3,(H,24,27)(H,23,25,26). The van der Waals surface area contributed by atoms with Gasteiger partial charge in [-0.1, -0.05) is 25.1 Å². The maximum absolute atomic E-state index is 13.3. The van der Waals surface area contributed by atoms with Crippen molar-refractivity contribution in [3.8, 4) is 0 Å². The van der Waals surface area contributed by atoms with Gasteiger partial charge in [-0.3, -0.25) is 4.79 Å². The van der Waals surface area contributed by atoms with E-state index in [0.717, 1.165) is 35.4 Å². The molecule has 27 heavy (non-hydrogen) atoms. The van der Waals surface area contributed by atoms with Crippen LogP contribution in [-0.4, -0.2) is 15.9 Å². The summed E-state index contributed by atoms with van der Waals surface area (Å²) < 4.78 is 26.3. The van der Waals surface area contributed by atoms with Crippen LogP contribution >= 0.6 is 0 Å². The number of hydrogen-bond donors (Lipinski definition) is 2. The van der Waals surface area contributed by atoms with Crippen LogP contribution in [0.25, 0.3) is 0 Å². The Labute approximate surface area is 155 Å². The van der Waals surface area contributed by atoms with Crippen LogP contribution in [0, 0.1) is 18.6 Å². The van der Waals surface area contributed by atoms with Crippen molar-refractivity contribution in [1.29, 1.82) is 0 Å². The SMILES string of the molecule is CCc1cccc(C)c1Nc1nccc(C(=O)Nc2ccc(F)c(F)c2)n1. The van der Waals surface area contributed by atoms with E-state index in [-0.39, 0.29) is 17.3 Å². The Kier molecular flexibility index (Phi) is 5.40. The van der Waals surface area contributed by atoms with Crippen molar-refractivity contribution >= 4 is 23.2 Å². The first-order valence-corrected chi connectivity index (χ1v) is 8.43. The van der Waals surface area contributed by atoms with E-state index in [1.165, 1.54) is 18.3 Å². The van der Waals surface area contributed by atoms with Gasteiger partial charge in [-0.2, -0.15) is 0 Å². The van der Waals surface area contributed by atoms with Crippen LogP contribution in [0.1, 0.15) is 28.5 Å². The van der Waals surface area contributed by atoms with E-state index in [1.807, 2.05) is 32.0 Å². The summed E-state index contributed by atoms with van der Waals surface area (Å²) in [5.41, 5.74) is 3.28. The van der Waals surface area contributed by atoms with Gasteiger partial charge in [0.25, 0.3) is 5.91 Å². The molecule has 1 amide bonds. The highest BCUT2D eigenvalue weighted by molar-refractivity contribution is 6.03. The molecule has 3 rings (SSSR count). The fraction of sp³-hybridized carbons (Fsp3) is 0.150. The number of halogens is 2. The van der Waals surface area contributed by atoms with Crippen molar-refractivity contribution < 1.29 is 13.6 Å². The number of rotatable bonds is 5. The third-order valence-electron chi connectivity index (χ3n) is 4.04. The Balaban J connectivity index is 1.81. The van der Waals surface area contributed by atoms with Gasteiger partial charge in [0.2, 0.25) is 5.95 Å². The van der Waals surface area contributed by atoms with Crippen LogP contribution in [0.5, 0.6) is 0 Å². The topological polar surface area (TPSA) is 66.9 Å². The summed E-state index contributed by atoms with van der Waals surface area (Å²) in [5, 5.41) is 5.64. The predicted octanol–water partition coefficient (Wildman–Crippen LogP) is 4.62. The normalized spacial score (nSPS) is 10.5. The minimum Gasteiger partial charge on any atom is -0.324 e. The number of nitrogens with zero attached hydrogens (tertiary/aromatic N) is 2. The number of benzene rings is 2. The van der Waals surface area contributed by atoms with Gasteiger partial charge >= 0.3 is 0 Å². The average Bonchev–Trinajstić information content (AvgIpc) is 2.66. The Morgan fingerprint density at radius 2 is 1.93 bits per heavy atom. The molecule has 2 N–H and O–H groups in total. The quantitative estimate of drug-likeness (QED) is 0.689. The molecule has 0 bridgehead atoms. The molecule has 7 heteroatoms. The Hall–Kier alpha value is -3.35. The van der Waals surface area contributed by atoms with E-state index in [2.05, 4.69) is 20.6 Å². The molecule has 0 radical (unpaired) electrons. The van der Waals surface area contributed by atoms with E-state index in [4.69, 9.17) is 0 Å². The van der Waals surface area contributed by atoms with Crippen LogP contribution in [0.4, 0.5) is 26.1 Å². The summed E-state index contributed by atoms with van der Waals surface area (Å²) in [6.07, 6.45) is 2.29. The number of carbonyl (C=O) groups is 1. The van der Waals surface area contributed by atoms with Crippen molar-refractivity contribution in [2.24, 2.45) is 0 Å². The number of para-hydroxylation sites is 1. The number of hydrogen-bond acceptors (Lipinski definition) is 4. The third-order valence-corrected chi connectivity index (χ3v) is 4.04. The monoisotopic (exact) mass is 368 g/mol. The minimum absolute atomic E-state index is 0.101. The zero-order chi connectivity index (χ0) is 19.4. The fourth-order valence-electron chi connectivity index (χ4n) is 2.63. The lowest BCUT2D eigenvalue weighted by molar-refractivity contribution is 0.102. The van der Waals surface area contributed by atoms with Crippen LogP contribution in [-0.2, 0) is 6.42 Å². The van der Waals surface area contributed by atoms with Gasteiger partial charge in [-0.25, -0.2) is 18.7 Å². The number of aryl methyl sites for hydroxylation is 2. The lowest BCUT2D eigenvalue weighted by Crippen LogP contribution is -2.15. The van der Waals surface area contributed by atoms with Gasteiger partial charge in [0.15, 0.2) is 11.6 Å². The van der Waals surface area contributed by atoms with Crippen LogP contribution in [0.2, 0.25) is 0 Å². The Bertz CT molecular complexity index is 991. The highest BCUT2D eigenvalue weighted by atomic mass is 19.2. The summed E-state index contributed by atoms with van der Waals surface area (Å²) in [6, 6.07) is 10.5. The molecule has 0 aliphatic carbocycles. The first-order valence-electron chi connectivity index (χ1n) is 8.43. The molecule has 0 unspecified atom stereocenters. The van der Waals surface area contributed by atoms with E-state index in [1.54, 1.807) is 0 Å². The van der Waals surface area contributed by atoms with Gasteiger partial charge in [-0.05, 0) is 42.7 Å². The van der Waals surface area contributed by atoms with Crippen molar-refractivity contribution in [2.45, 2.75) is 20.3 Å². The molecule has 0 fully saturated rings. The number of carbonyl (C=O) groups excluding carboxylic acids is 1. The molecule has 5 nitrogen and oxygen atoms in total. The van der Waals surface area contributed by atoms with Gasteiger partial charge in [-0.15, -0.1) is 0 Å². The van der Waals surface area contributed by atoms with Crippen LogP contribution < -0.4 is 10.6 Å². The third kappa shape index (κ3) is 4.25. The first-order chi connectivity index (χ1) is 13.0. The summed E-state index contributed by atoms with van der Waals surface area (Å²) in [7, 11) is 0. The predicted molar refractivity (Wildman–Crippen MR) is 100 cm³/mol. The molecule has 138 valence electrons. The molecular formula is C20H18F2N4O. The second kappa shape index (κ2) is 7.90. The van der Waals surface area contributed by atoms with Gasteiger partial charge < -0.3 is 10.6 Å². The van der Waals surface area contributed by atoms with E-state index < -0.39 is 17.5 Å². The minimum atomic E-state index is -1.04. The molecule has 0 atom stereocenters. The molecule has 0 aliphatic heterocycles. The van der Waals surface area contributed by atoms with Gasteiger partial charge in [0.1, 0.15) is 5.69 Å². The van der Waals surface area contributed by atoms with Gasteiger partial charge in [0, 0.05) is 23.6 Å². The molecule has 0 spiro atoms. The van der Waals surface area contributed by atoms with E-state index >= 15 is 0 Å². The van der Waals surface area contributed by atoms with Crippen molar-refractivity contribution in [1.82, 2.24) is 9.97 Å². The van der Waals surface area contributed by atoms with Crippen LogP contribution in [0.3, 0.4) is 0 Å². The van der Waals surface area contributed by atoms with Crippen molar-refractivity contribution in [2.75, 3.05) is 10.6 Å². The van der Waals surface area contributed by atoms with E-state index in [0.29, 0.717) is 0 Å². The smallest absolute Gasteiger partial charge is 0.274 e. The number of anilines is 3. The molecule has 0 saturated carbocycles. The summed E-state index contributed by atoms with van der Waals surface area (Å²) in [4.78, 5) is 20.7. The largest absolute Gasteiger partial charge is 0.324 e. The molecule has 0 saturated heterocycles. The Morgan fingerprint density at radius 3 is 2.67 bits per heavy atom. The van der Waals surface area contributed by atoms with Crippen LogP contribution in [0.15, 0.2) is 48.7 Å². The lowest BCUT2D eigenvalue weighted by Gasteiger charge is -2.13. The highest BCUT2D eigenvalue weighted by Gasteiger charge is 2.12. The molecular weight excluding hydrogens is 350 g/mol. The highest BCUT2D eigenvalue weighted by Crippen LogP contribution is 2.24. The maximum atomic E-state index is 13.3. The van der Waals surface area contributed by atoms with Crippen molar-refractivity contribution in [3.63, 3.8) is 0 Å². The average molecular weight is 368 g/mol. The molecule has 1 heterocycles. The summed E-state index contributed by atoms with van der Waals surface area (Å²) in [6.45, 7) is 4.02. The van der Waals surface area contributed by atoms with Gasteiger partial charge in [0.05, 0.1) is 0 Å². The fourth-order valence-corrected chi connectivity index (χ4v) is 2.63. The lowest BCUT2D eigenvalue weighted by atomic mass is 10.1. The molecule has 1 aromatic heterocycles. The number of nitrogens with one attached hydrogen (secondary N) is 2. The molecule has 2 aromatic carbocycles. The first kappa shape index (κ1) is 18.4. The summed E-state index contributed by atoms with van der Waals surface area (Å²) >= 11 is 0. The molecule has 0 aliphatic rings. The maximum Gasteiger partial charge on any atom is 0.274 e. The van der Waals surface area contributed by atoms with Crippen molar-refractivity contribution in [3.05, 3.63) is 77.1 Å². The molecule has 3 aromatic rings. The zero-order valence-corrected chi connectivity index (χ0v) is 14.9. The summed E-state index contributed by atoms with van der Waals surface area (Å²) in [5.74, 6) is -2.29. The zero-order valence-electron chi connectivity index (χ0n) is 14.9. The number of aromatic nitrogens is 2. The second-order valence-corrected chi connectivity index (χ2v) is 5.94. The second-order valence-electron chi connectivity index (χ2n) is 5.94. The van der Waals surface area contributed by atoms with E-state index in [9.17, 15) is 13.6 Å².